The van der Waals surface area contributed by atoms with Gasteiger partial charge < -0.3 is 19.8 Å². The zero-order chi connectivity index (χ0) is 34.0. The van der Waals surface area contributed by atoms with Crippen molar-refractivity contribution in [2.75, 3.05) is 12.8 Å². The number of benzene rings is 2. The van der Waals surface area contributed by atoms with Gasteiger partial charge in [0.15, 0.2) is 5.16 Å². The number of nitrogens with zero attached hydrogens (tertiary/aromatic N) is 8. The number of aromatic nitrogens is 8. The topological polar surface area (TPSA) is 137 Å². The molecule has 256 valence electrons. The number of pyridine rings is 1. The summed E-state index contributed by atoms with van der Waals surface area (Å²) < 4.78 is 6.22. The third-order valence-electron chi connectivity index (χ3n) is 10.1. The molecule has 2 aromatic carbocycles. The minimum absolute atomic E-state index is 0.0455. The zero-order valence-electron chi connectivity index (χ0n) is 28.0. The van der Waals surface area contributed by atoms with Crippen molar-refractivity contribution >= 4 is 45.4 Å². The summed E-state index contributed by atoms with van der Waals surface area (Å²) >= 11 is 1.64. The van der Waals surface area contributed by atoms with Crippen molar-refractivity contribution in [3.05, 3.63) is 90.3 Å². The highest BCUT2D eigenvalue weighted by Gasteiger charge is 2.35. The monoisotopic (exact) mass is 688 g/mol. The first kappa shape index (κ1) is 32.2. The molecule has 6 aromatic rings. The summed E-state index contributed by atoms with van der Waals surface area (Å²) in [5.74, 6) is 0.746. The number of carbonyl (C=O) groups excluding carboxylic acids is 2. The smallest absolute Gasteiger partial charge is 0.253 e. The van der Waals surface area contributed by atoms with Crippen LogP contribution in [0.4, 0.5) is 0 Å². The van der Waals surface area contributed by atoms with E-state index in [9.17, 15) is 9.59 Å². The average Bonchev–Trinajstić information content (AvgIpc) is 3.95. The van der Waals surface area contributed by atoms with Crippen LogP contribution in [0.15, 0.2) is 78.3 Å². The lowest BCUT2D eigenvalue weighted by molar-refractivity contribution is -0.128. The van der Waals surface area contributed by atoms with Crippen molar-refractivity contribution in [1.29, 1.82) is 0 Å². The van der Waals surface area contributed by atoms with Crippen molar-refractivity contribution in [2.45, 2.75) is 75.2 Å². The van der Waals surface area contributed by atoms with E-state index >= 15 is 0 Å². The molecule has 4 heterocycles. The Morgan fingerprint density at radius 1 is 0.940 bits per heavy atom. The van der Waals surface area contributed by atoms with Crippen LogP contribution < -0.4 is 10.6 Å². The number of para-hydroxylation sites is 2. The third kappa shape index (κ3) is 6.37. The zero-order valence-corrected chi connectivity index (χ0v) is 28.9. The minimum atomic E-state index is -0.218. The number of hydrogen-bond donors (Lipinski definition) is 2. The second-order valence-electron chi connectivity index (χ2n) is 13.4. The van der Waals surface area contributed by atoms with E-state index in [1.54, 1.807) is 34.9 Å². The van der Waals surface area contributed by atoms with E-state index in [2.05, 4.69) is 81.7 Å². The standard InChI is InChI=1S/C37H40N10O2S/c1-50-37-43-42-34(47(37)28-9-2-3-10-28)15-8-16-39-35(48)24-17-26(18-24)40-36(49)25-19-29(21-38-20-25)46-23-27(41-44-46)22-45-32-13-6-4-11-30(32)31-12-5-7-14-33(31)45/h4-7,11-14,19-21,23-24,26,28H,2-3,8-10,15-18,22H2,1H3,(H,39,48)(H,40,49). The van der Waals surface area contributed by atoms with Gasteiger partial charge in [0.2, 0.25) is 5.91 Å². The van der Waals surface area contributed by atoms with Crippen LogP contribution in [0.2, 0.25) is 0 Å². The van der Waals surface area contributed by atoms with Gasteiger partial charge in [0, 0.05) is 59.0 Å². The molecule has 13 heteroatoms. The average molecular weight is 689 g/mol. The summed E-state index contributed by atoms with van der Waals surface area (Å²) in [4.78, 5) is 30.3. The normalized spacial score (nSPS) is 17.7. The van der Waals surface area contributed by atoms with Gasteiger partial charge in [0.1, 0.15) is 11.5 Å². The molecular weight excluding hydrogens is 649 g/mol. The van der Waals surface area contributed by atoms with Crippen molar-refractivity contribution < 1.29 is 9.59 Å². The highest BCUT2D eigenvalue weighted by molar-refractivity contribution is 7.98. The molecule has 2 amide bonds. The second-order valence-corrected chi connectivity index (χ2v) is 14.1. The molecule has 0 radical (unpaired) electrons. The van der Waals surface area contributed by atoms with Crippen LogP contribution in [0.25, 0.3) is 27.5 Å². The number of fused-ring (bicyclic) bond motifs is 3. The number of aryl methyl sites for hydroxylation is 1. The molecule has 12 nitrogen and oxygen atoms in total. The van der Waals surface area contributed by atoms with Gasteiger partial charge in [-0.3, -0.25) is 14.6 Å². The largest absolute Gasteiger partial charge is 0.356 e. The number of carbonyl (C=O) groups is 2. The van der Waals surface area contributed by atoms with Gasteiger partial charge in [0.05, 0.1) is 30.2 Å². The van der Waals surface area contributed by atoms with E-state index in [-0.39, 0.29) is 23.8 Å². The van der Waals surface area contributed by atoms with Crippen molar-refractivity contribution in [3.63, 3.8) is 0 Å². The Balaban J connectivity index is 0.826. The van der Waals surface area contributed by atoms with Crippen molar-refractivity contribution in [3.8, 4) is 5.69 Å². The molecular formula is C37H40N10O2S. The van der Waals surface area contributed by atoms with Crippen LogP contribution >= 0.6 is 11.8 Å². The fourth-order valence-electron chi connectivity index (χ4n) is 7.48. The van der Waals surface area contributed by atoms with Gasteiger partial charge in [-0.1, -0.05) is 66.2 Å². The summed E-state index contributed by atoms with van der Waals surface area (Å²) in [6, 6.07) is 18.9. The lowest BCUT2D eigenvalue weighted by Gasteiger charge is -2.34. The summed E-state index contributed by atoms with van der Waals surface area (Å²) in [7, 11) is 0. The predicted octanol–water partition coefficient (Wildman–Crippen LogP) is 5.50. The van der Waals surface area contributed by atoms with Crippen LogP contribution in [0.5, 0.6) is 0 Å². The maximum atomic E-state index is 13.2. The molecule has 2 N–H and O–H groups in total. The van der Waals surface area contributed by atoms with Crippen molar-refractivity contribution in [1.82, 2.24) is 49.9 Å². The quantitative estimate of drug-likeness (QED) is 0.127. The van der Waals surface area contributed by atoms with Gasteiger partial charge in [-0.05, 0) is 56.6 Å². The molecule has 0 aliphatic heterocycles. The van der Waals surface area contributed by atoms with Gasteiger partial charge in [0.25, 0.3) is 5.91 Å². The maximum Gasteiger partial charge on any atom is 0.253 e. The first-order valence-corrected chi connectivity index (χ1v) is 18.7. The fraction of sp³-hybridized carbons (Fsp3) is 0.378. The van der Waals surface area contributed by atoms with Crippen LogP contribution in [-0.4, -0.2) is 70.0 Å². The van der Waals surface area contributed by atoms with Gasteiger partial charge in [-0.15, -0.1) is 15.3 Å². The first-order chi connectivity index (χ1) is 24.6. The summed E-state index contributed by atoms with van der Waals surface area (Å²) in [6.07, 6.45) is 14.9. The molecule has 0 atom stereocenters. The van der Waals surface area contributed by atoms with Gasteiger partial charge >= 0.3 is 0 Å². The summed E-state index contributed by atoms with van der Waals surface area (Å²) in [5.41, 5.74) is 4.16. The third-order valence-corrected chi connectivity index (χ3v) is 10.8. The number of thioether (sulfide) groups is 1. The van der Waals surface area contributed by atoms with E-state index in [1.165, 1.54) is 36.5 Å². The number of amides is 2. The highest BCUT2D eigenvalue weighted by atomic mass is 32.2. The number of rotatable bonds is 12. The molecule has 2 aliphatic carbocycles. The Hall–Kier alpha value is -5.04. The lowest BCUT2D eigenvalue weighted by Crippen LogP contribution is -2.49. The Kier molecular flexibility index (Phi) is 9.05. The van der Waals surface area contributed by atoms with E-state index in [1.807, 2.05) is 24.6 Å². The molecule has 8 rings (SSSR count). The SMILES string of the molecule is CSc1nnc(CCCNC(=O)C2CC(NC(=O)c3cncc(-n4cc(Cn5c6ccccc6c6ccccc65)nn4)c3)C2)n1C1CCCC1. The Morgan fingerprint density at radius 2 is 1.68 bits per heavy atom. The minimum Gasteiger partial charge on any atom is -0.356 e. The molecule has 0 spiro atoms. The Labute approximate surface area is 294 Å². The molecule has 0 bridgehead atoms. The number of nitrogens with one attached hydrogen (secondary N) is 2. The molecule has 0 saturated heterocycles. The summed E-state index contributed by atoms with van der Waals surface area (Å²) in [6.45, 7) is 1.15. The lowest BCUT2D eigenvalue weighted by atomic mass is 9.79. The first-order valence-electron chi connectivity index (χ1n) is 17.4. The van der Waals surface area contributed by atoms with Gasteiger partial charge in [-0.25, -0.2) is 4.68 Å². The maximum absolute atomic E-state index is 13.2. The van der Waals surface area contributed by atoms with E-state index < -0.39 is 0 Å². The van der Waals surface area contributed by atoms with Gasteiger partial charge in [-0.2, -0.15) is 0 Å². The molecule has 2 fully saturated rings. The van der Waals surface area contributed by atoms with Crippen LogP contribution in [-0.2, 0) is 17.8 Å². The molecule has 0 unspecified atom stereocenters. The van der Waals surface area contributed by atoms with Crippen LogP contribution in [0, 0.1) is 5.92 Å². The van der Waals surface area contributed by atoms with Crippen LogP contribution in [0.1, 0.15) is 72.9 Å². The highest BCUT2D eigenvalue weighted by Crippen LogP contribution is 2.34. The Morgan fingerprint density at radius 3 is 2.42 bits per heavy atom. The molecule has 4 aromatic heterocycles. The second kappa shape index (κ2) is 14.1. The van der Waals surface area contributed by atoms with Crippen molar-refractivity contribution in [2.24, 2.45) is 5.92 Å². The molecule has 2 saturated carbocycles. The van der Waals surface area contributed by atoms with E-state index in [0.717, 1.165) is 40.5 Å². The number of hydrogen-bond acceptors (Lipinski definition) is 8. The van der Waals surface area contributed by atoms with Crippen LogP contribution in [0.3, 0.4) is 0 Å². The van der Waals surface area contributed by atoms with E-state index in [4.69, 9.17) is 0 Å². The molecule has 2 aliphatic rings. The summed E-state index contributed by atoms with van der Waals surface area (Å²) in [5, 5.41) is 27.2. The predicted molar refractivity (Wildman–Crippen MR) is 192 cm³/mol. The fourth-order valence-corrected chi connectivity index (χ4v) is 8.05. The molecule has 50 heavy (non-hydrogen) atoms. The van der Waals surface area contributed by atoms with E-state index in [0.29, 0.717) is 43.2 Å². The Bertz CT molecular complexity index is 2100.